The highest BCUT2D eigenvalue weighted by atomic mass is 16.6. The Labute approximate surface area is 156 Å². The number of hydrogen-bond acceptors (Lipinski definition) is 4. The molecule has 2 fully saturated rings. The lowest BCUT2D eigenvalue weighted by atomic mass is 9.44. The van der Waals surface area contributed by atoms with Crippen molar-refractivity contribution in [2.24, 2.45) is 0 Å². The van der Waals surface area contributed by atoms with Crippen LogP contribution in [0.5, 0.6) is 5.75 Å². The minimum Gasteiger partial charge on any atom is -0.483 e. The van der Waals surface area contributed by atoms with E-state index < -0.39 is 11.1 Å². The highest BCUT2D eigenvalue weighted by molar-refractivity contribution is 6.10. The van der Waals surface area contributed by atoms with E-state index in [2.05, 4.69) is 6.07 Å². The zero-order valence-corrected chi connectivity index (χ0v) is 15.0. The fourth-order valence-electron chi connectivity index (χ4n) is 6.15. The van der Waals surface area contributed by atoms with Crippen LogP contribution in [0.15, 0.2) is 48.5 Å². The van der Waals surface area contributed by atoms with Crippen LogP contribution in [0.3, 0.4) is 0 Å². The molecule has 1 aliphatic carbocycles. The molecule has 27 heavy (non-hydrogen) atoms. The van der Waals surface area contributed by atoms with Crippen LogP contribution in [0, 0.1) is 0 Å². The van der Waals surface area contributed by atoms with E-state index in [0.717, 1.165) is 22.6 Å². The first-order chi connectivity index (χ1) is 13.2. The maximum Gasteiger partial charge on any atom is 0.337 e. The predicted octanol–water partition coefficient (Wildman–Crippen LogP) is 3.14. The molecule has 0 aromatic heterocycles. The van der Waals surface area contributed by atoms with Gasteiger partial charge in [0.15, 0.2) is 11.1 Å². The Bertz CT molecular complexity index is 1020. The molecule has 1 saturated carbocycles. The maximum atomic E-state index is 13.4. The molecule has 2 aromatic carbocycles. The zero-order chi connectivity index (χ0) is 18.4. The molecule has 3 heterocycles. The smallest absolute Gasteiger partial charge is 0.337 e. The van der Waals surface area contributed by atoms with Crippen LogP contribution in [0.4, 0.5) is 5.69 Å². The van der Waals surface area contributed by atoms with Gasteiger partial charge in [0.25, 0.3) is 0 Å². The number of carbonyl (C=O) groups is 2. The summed E-state index contributed by atoms with van der Waals surface area (Å²) in [4.78, 5) is 28.2. The van der Waals surface area contributed by atoms with Crippen LogP contribution in [0.25, 0.3) is 0 Å². The van der Waals surface area contributed by atoms with E-state index >= 15 is 0 Å². The van der Waals surface area contributed by atoms with E-state index in [4.69, 9.17) is 9.47 Å². The van der Waals surface area contributed by atoms with E-state index in [1.165, 1.54) is 0 Å². The monoisotopic (exact) mass is 361 g/mol. The van der Waals surface area contributed by atoms with E-state index in [-0.39, 0.29) is 30.3 Å². The molecule has 1 saturated heterocycles. The van der Waals surface area contributed by atoms with E-state index in [9.17, 15) is 9.59 Å². The molecular weight excluding hydrogens is 342 g/mol. The first-order valence-electron chi connectivity index (χ1n) is 9.54. The fraction of sp³-hybridized carbons (Fsp3) is 0.364. The summed E-state index contributed by atoms with van der Waals surface area (Å²) in [5.41, 5.74) is 1.15. The number of ether oxygens (including phenoxy) is 2. The predicted molar refractivity (Wildman–Crippen MR) is 97.8 cm³/mol. The zero-order valence-electron chi connectivity index (χ0n) is 15.0. The van der Waals surface area contributed by atoms with Gasteiger partial charge in [-0.15, -0.1) is 0 Å². The summed E-state index contributed by atoms with van der Waals surface area (Å²) in [5.74, 6) is 0.371. The Hall–Kier alpha value is -2.82. The topological polar surface area (TPSA) is 55.8 Å². The first-order valence-corrected chi connectivity index (χ1v) is 9.54. The van der Waals surface area contributed by atoms with Crippen molar-refractivity contribution in [2.75, 3.05) is 11.5 Å². The Morgan fingerprint density at radius 2 is 1.89 bits per heavy atom. The normalized spacial score (nSPS) is 34.0. The summed E-state index contributed by atoms with van der Waals surface area (Å²) in [5, 5.41) is 0. The van der Waals surface area contributed by atoms with Gasteiger partial charge in [0, 0.05) is 29.5 Å². The van der Waals surface area contributed by atoms with Gasteiger partial charge in [0.1, 0.15) is 5.75 Å². The van der Waals surface area contributed by atoms with Crippen molar-refractivity contribution in [3.05, 3.63) is 59.7 Å². The summed E-state index contributed by atoms with van der Waals surface area (Å²) in [6, 6.07) is 15.9. The average Bonchev–Trinajstić information content (AvgIpc) is 3.11. The number of para-hydroxylation sites is 2. The molecule has 4 aliphatic rings. The van der Waals surface area contributed by atoms with E-state index in [0.29, 0.717) is 12.8 Å². The molecule has 2 aromatic rings. The third-order valence-electron chi connectivity index (χ3n) is 6.89. The molecule has 0 N–H and O–H groups in total. The van der Waals surface area contributed by atoms with Gasteiger partial charge in [-0.1, -0.05) is 36.4 Å². The first kappa shape index (κ1) is 15.3. The Morgan fingerprint density at radius 3 is 2.70 bits per heavy atom. The second-order valence-electron chi connectivity index (χ2n) is 7.76. The number of amides is 1. The number of hydrogen-bond donors (Lipinski definition) is 0. The largest absolute Gasteiger partial charge is 0.483 e. The molecule has 3 aliphatic heterocycles. The van der Waals surface area contributed by atoms with Crippen LogP contribution in [0.1, 0.15) is 42.7 Å². The summed E-state index contributed by atoms with van der Waals surface area (Å²) < 4.78 is 12.1. The molecule has 136 valence electrons. The second kappa shape index (κ2) is 4.71. The van der Waals surface area contributed by atoms with Crippen LogP contribution in [0.2, 0.25) is 0 Å². The molecule has 5 nitrogen and oxygen atoms in total. The van der Waals surface area contributed by atoms with E-state index in [1.54, 1.807) is 11.8 Å². The summed E-state index contributed by atoms with van der Waals surface area (Å²) in [6.07, 6.45) is 0.900. The minimum atomic E-state index is -1.11. The number of benzene rings is 2. The number of rotatable bonds is 2. The Kier molecular flexibility index (Phi) is 2.66. The summed E-state index contributed by atoms with van der Waals surface area (Å²) >= 11 is 0. The lowest BCUT2D eigenvalue weighted by Gasteiger charge is -2.64. The van der Waals surface area contributed by atoms with E-state index in [1.807, 2.05) is 42.5 Å². The lowest BCUT2D eigenvalue weighted by molar-refractivity contribution is -0.187. The van der Waals surface area contributed by atoms with Crippen molar-refractivity contribution in [3.63, 3.8) is 0 Å². The quantitative estimate of drug-likeness (QED) is 0.771. The van der Waals surface area contributed by atoms with Crippen molar-refractivity contribution < 1.29 is 19.1 Å². The second-order valence-corrected chi connectivity index (χ2v) is 7.76. The fourth-order valence-corrected chi connectivity index (χ4v) is 6.15. The Balaban J connectivity index is 1.66. The maximum absolute atomic E-state index is 13.4. The molecule has 6 rings (SSSR count). The molecule has 4 atom stereocenters. The molecular formula is C22H19NO4. The lowest BCUT2D eigenvalue weighted by Crippen LogP contribution is -2.84. The van der Waals surface area contributed by atoms with Crippen LogP contribution in [-0.4, -0.2) is 29.6 Å². The van der Waals surface area contributed by atoms with Crippen molar-refractivity contribution in [3.8, 4) is 5.75 Å². The molecule has 0 unspecified atom stereocenters. The number of carbonyl (C=O) groups excluding carboxylic acids is 2. The molecule has 5 heteroatoms. The highest BCUT2D eigenvalue weighted by Crippen LogP contribution is 2.77. The third-order valence-corrected chi connectivity index (χ3v) is 6.89. The van der Waals surface area contributed by atoms with Gasteiger partial charge in [-0.3, -0.25) is 9.69 Å². The van der Waals surface area contributed by atoms with Crippen LogP contribution >= 0.6 is 0 Å². The standard InChI is InChI=1S/C22H19NO4/c1-2-26-20(25)22-19-13-7-3-5-9-15(13)23(22)17(24)11-12-21(22)18(19)14-8-4-6-10-16(14)27-21/h3-10,18-19H,2,11-12H2,1H3/t18-,19-,21-,22+/m0/s1. The number of nitrogens with zero attached hydrogens (tertiary/aromatic N) is 1. The van der Waals surface area contributed by atoms with Gasteiger partial charge in [0.05, 0.1) is 6.61 Å². The highest BCUT2D eigenvalue weighted by Gasteiger charge is 2.87. The summed E-state index contributed by atoms with van der Waals surface area (Å²) in [7, 11) is 0. The molecule has 0 radical (unpaired) electrons. The minimum absolute atomic E-state index is 0.0263. The Morgan fingerprint density at radius 1 is 1.15 bits per heavy atom. The molecule has 1 spiro atoms. The van der Waals surface area contributed by atoms with Gasteiger partial charge >= 0.3 is 5.97 Å². The molecule has 0 bridgehead atoms. The van der Waals surface area contributed by atoms with Crippen molar-refractivity contribution >= 4 is 17.6 Å². The number of fused-ring (bicyclic) bond motifs is 6. The number of piperidine rings is 1. The number of anilines is 1. The SMILES string of the molecule is CCOC(=O)[C@@]12[C@H]3c4ccccc4N1C(=O)CC[C@@]21Oc2ccccc2[C@@H]31. The van der Waals surface area contributed by atoms with Gasteiger partial charge in [-0.2, -0.15) is 0 Å². The van der Waals surface area contributed by atoms with Gasteiger partial charge in [-0.05, 0) is 31.0 Å². The average molecular weight is 361 g/mol. The number of esters is 1. The van der Waals surface area contributed by atoms with Crippen molar-refractivity contribution in [2.45, 2.75) is 42.7 Å². The van der Waals surface area contributed by atoms with Gasteiger partial charge < -0.3 is 9.47 Å². The van der Waals surface area contributed by atoms with Crippen molar-refractivity contribution in [1.29, 1.82) is 0 Å². The summed E-state index contributed by atoms with van der Waals surface area (Å²) in [6.45, 7) is 2.08. The van der Waals surface area contributed by atoms with Gasteiger partial charge in [-0.25, -0.2) is 4.79 Å². The van der Waals surface area contributed by atoms with Gasteiger partial charge in [0.2, 0.25) is 5.91 Å². The third kappa shape index (κ3) is 1.40. The van der Waals surface area contributed by atoms with Crippen molar-refractivity contribution in [1.82, 2.24) is 0 Å². The van der Waals surface area contributed by atoms with Crippen LogP contribution < -0.4 is 9.64 Å². The molecule has 1 amide bonds. The van der Waals surface area contributed by atoms with Crippen LogP contribution in [-0.2, 0) is 14.3 Å².